The van der Waals surface area contributed by atoms with Crippen LogP contribution in [0.2, 0.25) is 0 Å². The Morgan fingerprint density at radius 1 is 1.16 bits per heavy atom. The zero-order valence-corrected chi connectivity index (χ0v) is 14.8. The summed E-state index contributed by atoms with van der Waals surface area (Å²) < 4.78 is 1.75. The Hall–Kier alpha value is -2.38. The fourth-order valence-electron chi connectivity index (χ4n) is 3.05. The Morgan fingerprint density at radius 3 is 2.44 bits per heavy atom. The highest BCUT2D eigenvalue weighted by molar-refractivity contribution is 5.97. The van der Waals surface area contributed by atoms with E-state index in [-0.39, 0.29) is 24.2 Å². The number of nitrogens with one attached hydrogen (secondary N) is 3. The molecule has 0 spiro atoms. The molecular weight excluding hydrogens is 342 g/mol. The van der Waals surface area contributed by atoms with E-state index >= 15 is 0 Å². The van der Waals surface area contributed by atoms with Gasteiger partial charge in [0.2, 0.25) is 5.91 Å². The minimum absolute atomic E-state index is 0. The molecule has 134 valence electrons. The van der Waals surface area contributed by atoms with Crippen molar-refractivity contribution in [1.29, 1.82) is 0 Å². The molecule has 3 N–H and O–H groups in total. The fraction of sp³-hybridized carbons (Fsp3) is 0.353. The maximum atomic E-state index is 13.0. The molecule has 0 bridgehead atoms. The number of benzene rings is 1. The molecule has 0 aliphatic carbocycles. The van der Waals surface area contributed by atoms with Gasteiger partial charge in [0, 0.05) is 30.7 Å². The average Bonchev–Trinajstić information content (AvgIpc) is 3.10. The standard InChI is InChI=1S/C17H21N5O2.ClH/c1-13(23)20-14-4-2-5-15(12-14)21-16(24)17(6-9-18-10-7-17)22-11-3-8-19-22;/h2-5,8,11-12,18H,6-7,9-10H2,1H3,(H,20,23)(H,21,24);1H. The van der Waals surface area contributed by atoms with Gasteiger partial charge in [-0.1, -0.05) is 6.07 Å². The van der Waals surface area contributed by atoms with Gasteiger partial charge in [-0.2, -0.15) is 5.10 Å². The lowest BCUT2D eigenvalue weighted by atomic mass is 9.87. The number of carbonyl (C=O) groups excluding carboxylic acids is 2. The monoisotopic (exact) mass is 363 g/mol. The summed E-state index contributed by atoms with van der Waals surface area (Å²) in [4.78, 5) is 24.2. The van der Waals surface area contributed by atoms with Gasteiger partial charge in [-0.25, -0.2) is 0 Å². The van der Waals surface area contributed by atoms with Crippen molar-refractivity contribution in [3.05, 3.63) is 42.7 Å². The number of amides is 2. The Labute approximate surface area is 152 Å². The lowest BCUT2D eigenvalue weighted by molar-refractivity contribution is -0.126. The van der Waals surface area contributed by atoms with E-state index in [2.05, 4.69) is 21.0 Å². The second-order valence-electron chi connectivity index (χ2n) is 5.95. The lowest BCUT2D eigenvalue weighted by Crippen LogP contribution is -2.52. The maximum absolute atomic E-state index is 13.0. The first-order valence-electron chi connectivity index (χ1n) is 8.00. The van der Waals surface area contributed by atoms with Gasteiger partial charge >= 0.3 is 0 Å². The van der Waals surface area contributed by atoms with Gasteiger partial charge in [0.1, 0.15) is 5.54 Å². The molecule has 7 nitrogen and oxygen atoms in total. The van der Waals surface area contributed by atoms with E-state index in [1.54, 1.807) is 35.1 Å². The van der Waals surface area contributed by atoms with Crippen LogP contribution in [0.15, 0.2) is 42.7 Å². The predicted octanol–water partition coefficient (Wildman–Crippen LogP) is 1.98. The second kappa shape index (κ2) is 8.13. The third-order valence-electron chi connectivity index (χ3n) is 4.24. The highest BCUT2D eigenvalue weighted by Gasteiger charge is 2.42. The molecule has 0 unspecified atom stereocenters. The minimum atomic E-state index is -0.696. The summed E-state index contributed by atoms with van der Waals surface area (Å²) in [6, 6.07) is 8.96. The molecule has 2 aromatic rings. The second-order valence-corrected chi connectivity index (χ2v) is 5.95. The molecule has 3 rings (SSSR count). The summed E-state index contributed by atoms with van der Waals surface area (Å²) >= 11 is 0. The van der Waals surface area contributed by atoms with Gasteiger partial charge in [0.25, 0.3) is 5.91 Å². The normalized spacial score (nSPS) is 15.7. The summed E-state index contributed by atoms with van der Waals surface area (Å²) in [7, 11) is 0. The number of hydrogen-bond donors (Lipinski definition) is 3. The molecular formula is C17H22ClN5O2. The molecule has 1 saturated heterocycles. The van der Waals surface area contributed by atoms with E-state index in [0.29, 0.717) is 24.2 Å². The van der Waals surface area contributed by atoms with Gasteiger partial charge in [-0.15, -0.1) is 12.4 Å². The number of rotatable bonds is 4. The van der Waals surface area contributed by atoms with Crippen molar-refractivity contribution in [2.75, 3.05) is 23.7 Å². The van der Waals surface area contributed by atoms with Crippen LogP contribution in [0.25, 0.3) is 0 Å². The van der Waals surface area contributed by atoms with Crippen molar-refractivity contribution in [2.45, 2.75) is 25.3 Å². The van der Waals surface area contributed by atoms with E-state index in [4.69, 9.17) is 0 Å². The number of anilines is 2. The molecule has 0 atom stereocenters. The number of hydrogen-bond acceptors (Lipinski definition) is 4. The molecule has 1 aliphatic rings. The van der Waals surface area contributed by atoms with E-state index < -0.39 is 5.54 Å². The van der Waals surface area contributed by atoms with Crippen molar-refractivity contribution in [3.8, 4) is 0 Å². The zero-order valence-electron chi connectivity index (χ0n) is 14.0. The average molecular weight is 364 g/mol. The van der Waals surface area contributed by atoms with Crippen molar-refractivity contribution >= 4 is 35.6 Å². The zero-order chi connectivity index (χ0) is 17.0. The molecule has 1 fully saturated rings. The van der Waals surface area contributed by atoms with Crippen LogP contribution >= 0.6 is 12.4 Å². The summed E-state index contributed by atoms with van der Waals surface area (Å²) in [5.41, 5.74) is 0.605. The highest BCUT2D eigenvalue weighted by atomic mass is 35.5. The van der Waals surface area contributed by atoms with E-state index in [0.717, 1.165) is 13.1 Å². The van der Waals surface area contributed by atoms with Gasteiger partial charge in [-0.05, 0) is 50.2 Å². The Kier molecular flexibility index (Phi) is 6.17. The van der Waals surface area contributed by atoms with Crippen molar-refractivity contribution in [3.63, 3.8) is 0 Å². The van der Waals surface area contributed by atoms with E-state index in [1.165, 1.54) is 6.92 Å². The van der Waals surface area contributed by atoms with Crippen molar-refractivity contribution < 1.29 is 9.59 Å². The molecule has 0 saturated carbocycles. The van der Waals surface area contributed by atoms with Crippen molar-refractivity contribution in [1.82, 2.24) is 15.1 Å². The number of nitrogens with zero attached hydrogens (tertiary/aromatic N) is 2. The van der Waals surface area contributed by atoms with E-state index in [9.17, 15) is 9.59 Å². The minimum Gasteiger partial charge on any atom is -0.326 e. The number of carbonyl (C=O) groups is 2. The largest absolute Gasteiger partial charge is 0.326 e. The molecule has 1 aromatic heterocycles. The Balaban J connectivity index is 0.00000225. The smallest absolute Gasteiger partial charge is 0.252 e. The molecule has 8 heteroatoms. The number of piperidine rings is 1. The van der Waals surface area contributed by atoms with Gasteiger partial charge in [0.05, 0.1) is 0 Å². The highest BCUT2D eigenvalue weighted by Crippen LogP contribution is 2.29. The molecule has 1 aliphatic heterocycles. The number of halogens is 1. The van der Waals surface area contributed by atoms with Crippen molar-refractivity contribution in [2.24, 2.45) is 0 Å². The molecule has 2 amide bonds. The first-order chi connectivity index (χ1) is 11.6. The van der Waals surface area contributed by atoms with E-state index in [1.807, 2.05) is 12.3 Å². The van der Waals surface area contributed by atoms with Crippen LogP contribution in [-0.4, -0.2) is 34.7 Å². The Bertz CT molecular complexity index is 726. The first kappa shape index (κ1) is 19.0. The summed E-state index contributed by atoms with van der Waals surface area (Å²) in [5.74, 6) is -0.238. The summed E-state index contributed by atoms with van der Waals surface area (Å²) in [5, 5.41) is 13.3. The van der Waals surface area contributed by atoms with Gasteiger partial charge in [-0.3, -0.25) is 14.3 Å². The molecule has 1 aromatic carbocycles. The van der Waals surface area contributed by atoms with Gasteiger partial charge < -0.3 is 16.0 Å². The SMILES string of the molecule is CC(=O)Nc1cccc(NC(=O)C2(n3cccn3)CCNCC2)c1.Cl. The molecule has 25 heavy (non-hydrogen) atoms. The first-order valence-corrected chi connectivity index (χ1v) is 8.00. The van der Waals surface area contributed by atoms with Crippen LogP contribution in [0.4, 0.5) is 11.4 Å². The molecule has 0 radical (unpaired) electrons. The topological polar surface area (TPSA) is 88.1 Å². The van der Waals surface area contributed by atoms with Crippen LogP contribution < -0.4 is 16.0 Å². The quantitative estimate of drug-likeness (QED) is 0.775. The predicted molar refractivity (Wildman–Crippen MR) is 98.9 cm³/mol. The summed E-state index contributed by atoms with van der Waals surface area (Å²) in [6.45, 7) is 2.98. The van der Waals surface area contributed by atoms with Crippen LogP contribution in [0.5, 0.6) is 0 Å². The van der Waals surface area contributed by atoms with Crippen LogP contribution in [0.3, 0.4) is 0 Å². The lowest BCUT2D eigenvalue weighted by Gasteiger charge is -2.36. The fourth-order valence-corrected chi connectivity index (χ4v) is 3.05. The van der Waals surface area contributed by atoms with Gasteiger partial charge in [0.15, 0.2) is 0 Å². The van der Waals surface area contributed by atoms with Crippen LogP contribution in [0.1, 0.15) is 19.8 Å². The third-order valence-corrected chi connectivity index (χ3v) is 4.24. The van der Waals surface area contributed by atoms with Crippen LogP contribution in [-0.2, 0) is 15.1 Å². The number of aromatic nitrogens is 2. The maximum Gasteiger partial charge on any atom is 0.252 e. The van der Waals surface area contributed by atoms with Crippen LogP contribution in [0, 0.1) is 0 Å². The Morgan fingerprint density at radius 2 is 1.84 bits per heavy atom. The third kappa shape index (κ3) is 4.18. The molecule has 2 heterocycles. The summed E-state index contributed by atoms with van der Waals surface area (Å²) in [6.07, 6.45) is 4.87.